The van der Waals surface area contributed by atoms with Gasteiger partial charge in [0.1, 0.15) is 17.8 Å². The fourth-order valence-corrected chi connectivity index (χ4v) is 1.16. The molecule has 0 aromatic rings. The first kappa shape index (κ1) is 9.85. The first-order valence-electron chi connectivity index (χ1n) is 3.51. The van der Waals surface area contributed by atoms with Crippen LogP contribution in [-0.4, -0.2) is 62.8 Å². The fourth-order valence-electron chi connectivity index (χ4n) is 1.16. The normalized spacial score (nSPS) is 40.2. The van der Waals surface area contributed by atoms with E-state index in [1.807, 2.05) is 0 Å². The van der Waals surface area contributed by atoms with Gasteiger partial charge in [0.2, 0.25) is 0 Å². The third kappa shape index (κ3) is 1.22. The topological polar surface area (TPSA) is 110 Å². The van der Waals surface area contributed by atoms with E-state index in [2.05, 4.69) is 4.74 Å². The Kier molecular flexibility index (Phi) is 2.67. The van der Waals surface area contributed by atoms with Gasteiger partial charge in [-0.25, -0.2) is 0 Å². The molecular formula is C6H12O6. The van der Waals surface area contributed by atoms with Crippen LogP contribution >= 0.6 is 0 Å². The SMILES string of the molecule is OCC1(CO)OC(O)C(O)C1O. The average Bonchev–Trinajstić information content (AvgIpc) is 2.30. The van der Waals surface area contributed by atoms with E-state index in [1.54, 1.807) is 0 Å². The highest BCUT2D eigenvalue weighted by Crippen LogP contribution is 2.29. The second-order valence-electron chi connectivity index (χ2n) is 2.82. The van der Waals surface area contributed by atoms with Crippen LogP contribution in [0.2, 0.25) is 0 Å². The van der Waals surface area contributed by atoms with E-state index in [1.165, 1.54) is 0 Å². The second kappa shape index (κ2) is 3.25. The van der Waals surface area contributed by atoms with Crippen LogP contribution in [0.3, 0.4) is 0 Å². The summed E-state index contributed by atoms with van der Waals surface area (Å²) in [6.07, 6.45) is -4.55. The summed E-state index contributed by atoms with van der Waals surface area (Å²) >= 11 is 0. The third-order valence-corrected chi connectivity index (χ3v) is 2.05. The molecule has 1 heterocycles. The summed E-state index contributed by atoms with van der Waals surface area (Å²) < 4.78 is 4.63. The van der Waals surface area contributed by atoms with Gasteiger partial charge < -0.3 is 30.3 Å². The molecule has 1 saturated heterocycles. The smallest absolute Gasteiger partial charge is 0.184 e. The Morgan fingerprint density at radius 2 is 1.58 bits per heavy atom. The fraction of sp³-hybridized carbons (Fsp3) is 1.00. The van der Waals surface area contributed by atoms with E-state index in [9.17, 15) is 5.11 Å². The van der Waals surface area contributed by atoms with Crippen molar-refractivity contribution in [1.29, 1.82) is 0 Å². The van der Waals surface area contributed by atoms with Gasteiger partial charge in [-0.3, -0.25) is 0 Å². The Labute approximate surface area is 68.6 Å². The van der Waals surface area contributed by atoms with Crippen molar-refractivity contribution in [2.75, 3.05) is 13.2 Å². The molecule has 1 rings (SSSR count). The molecule has 0 aromatic heterocycles. The Balaban J connectivity index is 2.79. The molecule has 72 valence electrons. The molecule has 6 nitrogen and oxygen atoms in total. The van der Waals surface area contributed by atoms with Crippen LogP contribution in [0.15, 0.2) is 0 Å². The van der Waals surface area contributed by atoms with Crippen molar-refractivity contribution in [3.05, 3.63) is 0 Å². The molecule has 5 N–H and O–H groups in total. The van der Waals surface area contributed by atoms with Gasteiger partial charge in [0.05, 0.1) is 13.2 Å². The molecule has 1 fully saturated rings. The molecule has 0 saturated carbocycles. The first-order valence-corrected chi connectivity index (χ1v) is 3.51. The predicted molar refractivity (Wildman–Crippen MR) is 36.0 cm³/mol. The minimum Gasteiger partial charge on any atom is -0.393 e. The standard InChI is InChI=1S/C6H12O6/c7-1-6(2-8)4(10)3(9)5(11)12-6/h3-5,7-11H,1-2H2. The van der Waals surface area contributed by atoms with Crippen LogP contribution in [0.25, 0.3) is 0 Å². The van der Waals surface area contributed by atoms with Gasteiger partial charge in [0, 0.05) is 0 Å². The van der Waals surface area contributed by atoms with Gasteiger partial charge in [0.25, 0.3) is 0 Å². The molecule has 1 aliphatic rings. The molecule has 1 aliphatic heterocycles. The van der Waals surface area contributed by atoms with E-state index >= 15 is 0 Å². The lowest BCUT2D eigenvalue weighted by Crippen LogP contribution is -2.49. The van der Waals surface area contributed by atoms with Gasteiger partial charge in [0.15, 0.2) is 6.29 Å². The van der Waals surface area contributed by atoms with Crippen LogP contribution in [0.1, 0.15) is 0 Å². The van der Waals surface area contributed by atoms with E-state index < -0.39 is 37.3 Å². The zero-order chi connectivity index (χ0) is 9.35. The van der Waals surface area contributed by atoms with Crippen LogP contribution < -0.4 is 0 Å². The van der Waals surface area contributed by atoms with Gasteiger partial charge in [-0.15, -0.1) is 0 Å². The minimum atomic E-state index is -1.65. The Morgan fingerprint density at radius 1 is 1.08 bits per heavy atom. The van der Waals surface area contributed by atoms with Crippen LogP contribution in [-0.2, 0) is 4.74 Å². The maximum Gasteiger partial charge on any atom is 0.184 e. The molecule has 0 aliphatic carbocycles. The monoisotopic (exact) mass is 180 g/mol. The molecule has 3 unspecified atom stereocenters. The quantitative estimate of drug-likeness (QED) is 0.306. The largest absolute Gasteiger partial charge is 0.393 e. The highest BCUT2D eigenvalue weighted by atomic mass is 16.7. The maximum absolute atomic E-state index is 9.22. The highest BCUT2D eigenvalue weighted by molar-refractivity contribution is 4.98. The highest BCUT2D eigenvalue weighted by Gasteiger charge is 2.53. The van der Waals surface area contributed by atoms with Gasteiger partial charge in [-0.1, -0.05) is 0 Å². The number of ether oxygens (including phenoxy) is 1. The molecular weight excluding hydrogens is 168 g/mol. The number of aliphatic hydroxyl groups is 5. The van der Waals surface area contributed by atoms with E-state index in [-0.39, 0.29) is 0 Å². The molecule has 0 aromatic carbocycles. The third-order valence-electron chi connectivity index (χ3n) is 2.05. The predicted octanol–water partition coefficient (Wildman–Crippen LogP) is -3.22. The second-order valence-corrected chi connectivity index (χ2v) is 2.82. The van der Waals surface area contributed by atoms with Crippen LogP contribution in [0, 0.1) is 0 Å². The Bertz CT molecular complexity index is 156. The van der Waals surface area contributed by atoms with Crippen molar-refractivity contribution < 1.29 is 30.3 Å². The summed E-state index contributed by atoms with van der Waals surface area (Å²) in [5.41, 5.74) is -1.65. The molecule has 12 heavy (non-hydrogen) atoms. The van der Waals surface area contributed by atoms with E-state index in [0.717, 1.165) is 0 Å². The van der Waals surface area contributed by atoms with Crippen molar-refractivity contribution in [2.24, 2.45) is 0 Å². The molecule has 0 amide bonds. The number of hydrogen-bond acceptors (Lipinski definition) is 6. The molecule has 3 atom stereocenters. The van der Waals surface area contributed by atoms with Crippen LogP contribution in [0.4, 0.5) is 0 Å². The summed E-state index contributed by atoms with van der Waals surface area (Å²) in [7, 11) is 0. The number of hydrogen-bond donors (Lipinski definition) is 5. The van der Waals surface area contributed by atoms with Crippen molar-refractivity contribution in [3.63, 3.8) is 0 Å². The molecule has 6 heteroatoms. The maximum atomic E-state index is 9.22. The van der Waals surface area contributed by atoms with E-state index in [4.69, 9.17) is 20.4 Å². The summed E-state index contributed by atoms with van der Waals surface area (Å²) in [6.45, 7) is -1.34. The average molecular weight is 180 g/mol. The van der Waals surface area contributed by atoms with Crippen molar-refractivity contribution in [3.8, 4) is 0 Å². The molecule has 0 bridgehead atoms. The number of aliphatic hydroxyl groups excluding tert-OH is 5. The van der Waals surface area contributed by atoms with Gasteiger partial charge >= 0.3 is 0 Å². The van der Waals surface area contributed by atoms with Gasteiger partial charge in [-0.05, 0) is 0 Å². The van der Waals surface area contributed by atoms with Gasteiger partial charge in [-0.2, -0.15) is 0 Å². The molecule has 0 spiro atoms. The summed E-state index contributed by atoms with van der Waals surface area (Å²) in [5, 5.41) is 44.7. The lowest BCUT2D eigenvalue weighted by molar-refractivity contribution is -0.187. The van der Waals surface area contributed by atoms with Crippen molar-refractivity contribution >= 4 is 0 Å². The molecule has 0 radical (unpaired) electrons. The summed E-state index contributed by atoms with van der Waals surface area (Å²) in [4.78, 5) is 0. The number of rotatable bonds is 2. The Morgan fingerprint density at radius 3 is 1.75 bits per heavy atom. The summed E-state index contributed by atoms with van der Waals surface area (Å²) in [5.74, 6) is 0. The Hall–Kier alpha value is -0.240. The van der Waals surface area contributed by atoms with Crippen molar-refractivity contribution in [1.82, 2.24) is 0 Å². The van der Waals surface area contributed by atoms with Crippen molar-refractivity contribution in [2.45, 2.75) is 24.1 Å². The summed E-state index contributed by atoms with van der Waals surface area (Å²) in [6, 6.07) is 0. The van der Waals surface area contributed by atoms with E-state index in [0.29, 0.717) is 0 Å². The lowest BCUT2D eigenvalue weighted by Gasteiger charge is -2.26. The first-order chi connectivity index (χ1) is 5.57. The zero-order valence-corrected chi connectivity index (χ0v) is 6.29. The lowest BCUT2D eigenvalue weighted by atomic mass is 9.97. The van der Waals surface area contributed by atoms with Crippen LogP contribution in [0.5, 0.6) is 0 Å². The zero-order valence-electron chi connectivity index (χ0n) is 6.29. The minimum absolute atomic E-state index is 0.668.